The topological polar surface area (TPSA) is 109 Å². The van der Waals surface area contributed by atoms with Gasteiger partial charge in [0.05, 0.1) is 17.0 Å². The molecule has 1 spiro atoms. The van der Waals surface area contributed by atoms with Gasteiger partial charge in [0.2, 0.25) is 5.91 Å². The average Bonchev–Trinajstić information content (AvgIpc) is 3.38. The molecule has 0 radical (unpaired) electrons. The number of aryl methyl sites for hydroxylation is 1. The maximum atomic E-state index is 13.4. The quantitative estimate of drug-likeness (QED) is 0.266. The molecule has 1 fully saturated rings. The molecule has 0 bridgehead atoms. The Bertz CT molecular complexity index is 1280. The van der Waals surface area contributed by atoms with E-state index in [1.54, 1.807) is 19.1 Å². The van der Waals surface area contributed by atoms with Crippen LogP contribution >= 0.6 is 11.6 Å². The number of hydrogen-bond acceptors (Lipinski definition) is 5. The molecule has 0 saturated carbocycles. The number of aromatic amines is 1. The number of nitrogens with one attached hydrogen (secondary N) is 2. The number of aromatic nitrogens is 4. The molecule has 1 saturated heterocycles. The van der Waals surface area contributed by atoms with E-state index in [0.717, 1.165) is 30.5 Å². The van der Waals surface area contributed by atoms with Crippen molar-refractivity contribution in [2.75, 3.05) is 5.75 Å². The lowest BCUT2D eigenvalue weighted by molar-refractivity contribution is -0.135. The Morgan fingerprint density at radius 2 is 1.72 bits per heavy atom. The van der Waals surface area contributed by atoms with Crippen molar-refractivity contribution in [1.29, 1.82) is 0 Å². The van der Waals surface area contributed by atoms with Crippen LogP contribution in [0.3, 0.4) is 0 Å². The highest BCUT2D eigenvalue weighted by Gasteiger charge is 2.68. The van der Waals surface area contributed by atoms with E-state index in [9.17, 15) is 13.2 Å². The molecule has 2 atom stereocenters. The number of rotatable bonds is 13. The second-order valence-electron chi connectivity index (χ2n) is 10.4. The molecule has 2 unspecified atom stereocenters. The fraction of sp³-hybridized carbons (Fsp3) is 0.654. The summed E-state index contributed by atoms with van der Waals surface area (Å²) in [5.74, 6) is 0.103. The normalized spacial score (nSPS) is 23.8. The standard InChI is InChI=1S/C26H38ClN5O3S/c1-4-5-6-7-8-9-10-11-12-13-18-36(34,35)25(3)24(33)29-26(25)16-14-20(15-17-26)22-28-23-21(27)19(2)30-32(23)31-22/h14-16,30H,4-13,17-18H2,1-3H3,(H,29,33). The summed E-state index contributed by atoms with van der Waals surface area (Å²) in [5.41, 5.74) is 1.15. The second kappa shape index (κ2) is 10.7. The fourth-order valence-corrected chi connectivity index (χ4v) is 7.51. The first-order valence-electron chi connectivity index (χ1n) is 13.2. The number of carbonyl (C=O) groups is 1. The summed E-state index contributed by atoms with van der Waals surface area (Å²) in [4.78, 5) is 17.2. The summed E-state index contributed by atoms with van der Waals surface area (Å²) in [6.07, 6.45) is 17.1. The predicted octanol–water partition coefficient (Wildman–Crippen LogP) is 5.33. The lowest BCUT2D eigenvalue weighted by atomic mass is 9.71. The van der Waals surface area contributed by atoms with Gasteiger partial charge in [0.25, 0.3) is 0 Å². The van der Waals surface area contributed by atoms with E-state index in [0.29, 0.717) is 29.3 Å². The molecule has 10 heteroatoms. The van der Waals surface area contributed by atoms with Crippen molar-refractivity contribution in [2.45, 2.75) is 102 Å². The molecular formula is C26H38ClN5O3S. The van der Waals surface area contributed by atoms with Crippen LogP contribution in [0.4, 0.5) is 0 Å². The molecule has 2 aromatic rings. The SMILES string of the molecule is CCCCCCCCCCCCS(=O)(=O)C1(C)C(=O)NC12C=CC(c1nc3c(Cl)c(C)[nH]n3n1)=CC2. The summed E-state index contributed by atoms with van der Waals surface area (Å²) in [6.45, 7) is 5.64. The molecule has 1 amide bonds. The van der Waals surface area contributed by atoms with Crippen molar-refractivity contribution in [3.05, 3.63) is 34.8 Å². The number of amides is 1. The van der Waals surface area contributed by atoms with Crippen LogP contribution in [-0.2, 0) is 14.6 Å². The van der Waals surface area contributed by atoms with Crippen molar-refractivity contribution < 1.29 is 13.2 Å². The zero-order chi connectivity index (χ0) is 26.0. The number of β-lactam (4-membered cyclic amide) rings is 1. The molecule has 4 rings (SSSR count). The second-order valence-corrected chi connectivity index (χ2v) is 13.2. The lowest BCUT2D eigenvalue weighted by Crippen LogP contribution is -2.82. The Labute approximate surface area is 218 Å². The average molecular weight is 536 g/mol. The van der Waals surface area contributed by atoms with Crippen LogP contribution in [0.2, 0.25) is 5.02 Å². The van der Waals surface area contributed by atoms with E-state index >= 15 is 0 Å². The van der Waals surface area contributed by atoms with Gasteiger partial charge in [-0.3, -0.25) is 9.89 Å². The van der Waals surface area contributed by atoms with Crippen molar-refractivity contribution in [1.82, 2.24) is 25.1 Å². The number of sulfone groups is 1. The highest BCUT2D eigenvalue weighted by Crippen LogP contribution is 2.46. The van der Waals surface area contributed by atoms with E-state index in [4.69, 9.17) is 11.6 Å². The van der Waals surface area contributed by atoms with Gasteiger partial charge in [-0.15, -0.1) is 5.10 Å². The third-order valence-electron chi connectivity index (χ3n) is 7.87. The van der Waals surface area contributed by atoms with Gasteiger partial charge in [0, 0.05) is 5.57 Å². The van der Waals surface area contributed by atoms with Gasteiger partial charge in [-0.05, 0) is 26.7 Å². The minimum atomic E-state index is -3.64. The van der Waals surface area contributed by atoms with Crippen LogP contribution in [0.5, 0.6) is 0 Å². The van der Waals surface area contributed by atoms with E-state index in [1.807, 2.05) is 13.0 Å². The summed E-state index contributed by atoms with van der Waals surface area (Å²) in [6, 6.07) is 0. The fourth-order valence-electron chi connectivity index (χ4n) is 5.26. The van der Waals surface area contributed by atoms with Crippen LogP contribution in [-0.4, -0.2) is 50.2 Å². The van der Waals surface area contributed by atoms with E-state index in [-0.39, 0.29) is 5.75 Å². The summed E-state index contributed by atoms with van der Waals surface area (Å²) >= 11 is 6.27. The third kappa shape index (κ3) is 4.76. The number of nitrogens with zero attached hydrogens (tertiary/aromatic N) is 3. The first kappa shape index (κ1) is 26.9. The number of allylic oxidation sites excluding steroid dienone is 2. The van der Waals surface area contributed by atoms with Gasteiger partial charge in [-0.25, -0.2) is 13.4 Å². The first-order valence-corrected chi connectivity index (χ1v) is 15.2. The molecule has 36 heavy (non-hydrogen) atoms. The Morgan fingerprint density at radius 3 is 2.28 bits per heavy atom. The highest BCUT2D eigenvalue weighted by atomic mass is 35.5. The van der Waals surface area contributed by atoms with Gasteiger partial charge in [-0.2, -0.15) is 4.63 Å². The van der Waals surface area contributed by atoms with Crippen molar-refractivity contribution in [2.24, 2.45) is 0 Å². The highest BCUT2D eigenvalue weighted by molar-refractivity contribution is 7.93. The summed E-state index contributed by atoms with van der Waals surface area (Å²) in [5, 5.41) is 10.9. The van der Waals surface area contributed by atoms with Gasteiger partial charge in [0.1, 0.15) is 5.02 Å². The van der Waals surface area contributed by atoms with Crippen LogP contribution in [0.1, 0.15) is 96.0 Å². The van der Waals surface area contributed by atoms with Gasteiger partial charge < -0.3 is 5.32 Å². The minimum Gasteiger partial charge on any atom is -0.343 e. The number of halogens is 1. The van der Waals surface area contributed by atoms with Crippen LogP contribution < -0.4 is 5.32 Å². The number of H-pyrrole nitrogens is 1. The molecule has 2 aromatic heterocycles. The number of unbranched alkanes of at least 4 members (excludes halogenated alkanes) is 9. The van der Waals surface area contributed by atoms with E-state index < -0.39 is 26.0 Å². The van der Waals surface area contributed by atoms with Crippen LogP contribution in [0, 0.1) is 6.92 Å². The molecule has 3 heterocycles. The lowest BCUT2D eigenvalue weighted by Gasteiger charge is -2.55. The number of fused-ring (bicyclic) bond motifs is 1. The largest absolute Gasteiger partial charge is 0.343 e. The minimum absolute atomic E-state index is 0.0325. The van der Waals surface area contributed by atoms with Gasteiger partial charge in [-0.1, -0.05) is 94.5 Å². The maximum absolute atomic E-state index is 13.4. The van der Waals surface area contributed by atoms with Crippen molar-refractivity contribution in [3.8, 4) is 0 Å². The maximum Gasteiger partial charge on any atom is 0.244 e. The number of carbonyl (C=O) groups excluding carboxylic acids is 1. The molecule has 0 aromatic carbocycles. The molecule has 2 aliphatic rings. The van der Waals surface area contributed by atoms with E-state index in [2.05, 4.69) is 27.4 Å². The Balaban J connectivity index is 1.33. The Kier molecular flexibility index (Phi) is 8.00. The summed E-state index contributed by atoms with van der Waals surface area (Å²) in [7, 11) is -3.64. The Morgan fingerprint density at radius 1 is 1.08 bits per heavy atom. The van der Waals surface area contributed by atoms with Crippen LogP contribution in [0.25, 0.3) is 11.2 Å². The summed E-state index contributed by atoms with van der Waals surface area (Å²) < 4.78 is 26.8. The molecule has 1 aliphatic heterocycles. The number of hydrogen-bond donors (Lipinski definition) is 2. The van der Waals surface area contributed by atoms with Crippen molar-refractivity contribution >= 4 is 38.6 Å². The predicted molar refractivity (Wildman–Crippen MR) is 144 cm³/mol. The molecule has 8 nitrogen and oxygen atoms in total. The van der Waals surface area contributed by atoms with E-state index in [1.165, 1.54) is 43.2 Å². The molecule has 198 valence electrons. The molecule has 1 aliphatic carbocycles. The molecular weight excluding hydrogens is 498 g/mol. The third-order valence-corrected chi connectivity index (χ3v) is 10.9. The monoisotopic (exact) mass is 535 g/mol. The first-order chi connectivity index (χ1) is 17.1. The molecule has 2 N–H and O–H groups in total. The zero-order valence-electron chi connectivity index (χ0n) is 21.6. The Hall–Kier alpha value is -2.13. The van der Waals surface area contributed by atoms with Crippen LogP contribution in [0.15, 0.2) is 18.2 Å². The van der Waals surface area contributed by atoms with Gasteiger partial charge >= 0.3 is 0 Å². The zero-order valence-corrected chi connectivity index (χ0v) is 23.1. The van der Waals surface area contributed by atoms with Crippen molar-refractivity contribution in [3.63, 3.8) is 0 Å². The smallest absolute Gasteiger partial charge is 0.244 e. The van der Waals surface area contributed by atoms with Gasteiger partial charge in [0.15, 0.2) is 26.1 Å².